The zero-order valence-corrected chi connectivity index (χ0v) is 31.5. The molecule has 256 valence electrons. The van der Waals surface area contributed by atoms with Gasteiger partial charge in [0, 0.05) is 52.6 Å². The van der Waals surface area contributed by atoms with Gasteiger partial charge < -0.3 is 4.57 Å². The van der Waals surface area contributed by atoms with Crippen LogP contribution in [0.1, 0.15) is 25.0 Å². The monoisotopic (exact) mass is 726 g/mol. The molecule has 1 aliphatic heterocycles. The molecule has 0 amide bonds. The molecule has 54 heavy (non-hydrogen) atoms. The molecule has 0 atom stereocenters. The van der Waals surface area contributed by atoms with Gasteiger partial charge in [0.2, 0.25) is 0 Å². The van der Waals surface area contributed by atoms with Crippen LogP contribution in [-0.4, -0.2) is 9.55 Å². The summed E-state index contributed by atoms with van der Waals surface area (Å²) in [5.41, 5.74) is 15.4. The van der Waals surface area contributed by atoms with Gasteiger partial charge in [0.25, 0.3) is 0 Å². The SMILES string of the molecule is CC1(C)c2cc3c(cc2-c2cc4c(cc21)c1ccccc1n4-c1ccc(-c2cc(-c4ccccc4)cc(-c4ccccc4)n2)cc1)Sc1ccccc1S3. The van der Waals surface area contributed by atoms with Crippen molar-refractivity contribution < 1.29 is 0 Å². The van der Waals surface area contributed by atoms with Crippen LogP contribution in [0.4, 0.5) is 0 Å². The molecule has 0 spiro atoms. The Kier molecular flexibility index (Phi) is 7.11. The number of para-hydroxylation sites is 1. The van der Waals surface area contributed by atoms with E-state index in [1.807, 2.05) is 23.5 Å². The largest absolute Gasteiger partial charge is 0.309 e. The lowest BCUT2D eigenvalue weighted by molar-refractivity contribution is 0.658. The highest BCUT2D eigenvalue weighted by molar-refractivity contribution is 8.05. The van der Waals surface area contributed by atoms with E-state index in [9.17, 15) is 0 Å². The average molecular weight is 727 g/mol. The summed E-state index contributed by atoms with van der Waals surface area (Å²) in [6, 6.07) is 61.9. The van der Waals surface area contributed by atoms with Crippen molar-refractivity contribution in [1.29, 1.82) is 0 Å². The summed E-state index contributed by atoms with van der Waals surface area (Å²) in [5, 5.41) is 2.57. The van der Waals surface area contributed by atoms with E-state index in [0.29, 0.717) is 0 Å². The van der Waals surface area contributed by atoms with E-state index >= 15 is 0 Å². The van der Waals surface area contributed by atoms with E-state index in [4.69, 9.17) is 4.98 Å². The zero-order valence-electron chi connectivity index (χ0n) is 29.9. The molecule has 3 heterocycles. The van der Waals surface area contributed by atoms with Gasteiger partial charge in [-0.2, -0.15) is 0 Å². The molecular formula is C50H34N2S2. The quantitative estimate of drug-likeness (QED) is 0.180. The number of nitrogens with zero attached hydrogens (tertiary/aromatic N) is 2. The number of pyridine rings is 1. The van der Waals surface area contributed by atoms with Gasteiger partial charge in [-0.1, -0.05) is 140 Å². The van der Waals surface area contributed by atoms with Gasteiger partial charge in [-0.05, 0) is 100 Å². The minimum atomic E-state index is -0.110. The molecule has 0 saturated carbocycles. The first-order valence-electron chi connectivity index (χ1n) is 18.4. The van der Waals surface area contributed by atoms with E-state index in [2.05, 4.69) is 188 Å². The summed E-state index contributed by atoms with van der Waals surface area (Å²) in [5.74, 6) is 0. The number of hydrogen-bond donors (Lipinski definition) is 0. The van der Waals surface area contributed by atoms with Crippen LogP contribution in [0.15, 0.2) is 189 Å². The second-order valence-electron chi connectivity index (χ2n) is 14.8. The van der Waals surface area contributed by atoms with Crippen molar-refractivity contribution >= 4 is 45.3 Å². The predicted molar refractivity (Wildman–Crippen MR) is 227 cm³/mol. The highest BCUT2D eigenvalue weighted by atomic mass is 32.2. The minimum Gasteiger partial charge on any atom is -0.309 e. The van der Waals surface area contributed by atoms with Crippen LogP contribution in [-0.2, 0) is 5.41 Å². The number of benzene rings is 7. The Morgan fingerprint density at radius 3 is 1.69 bits per heavy atom. The maximum absolute atomic E-state index is 5.20. The Morgan fingerprint density at radius 1 is 0.426 bits per heavy atom. The standard InChI is InChI=1S/C50H34N2S2/c1-50(2)40-27-39-36-17-9-10-18-44(36)52(45(39)28-37(40)38-29-48-49(30-41(38)50)54-47-20-12-11-19-46(47)53-48)35-23-21-33(22-24-35)43-26-34(31-13-5-3-6-14-31)25-42(51-43)32-15-7-4-8-16-32/h3-30H,1-2H3. The molecule has 0 N–H and O–H groups in total. The van der Waals surface area contributed by atoms with Crippen molar-refractivity contribution in [2.24, 2.45) is 0 Å². The smallest absolute Gasteiger partial charge is 0.0715 e. The van der Waals surface area contributed by atoms with Crippen molar-refractivity contribution in [3.8, 4) is 50.5 Å². The number of aromatic nitrogens is 2. The second-order valence-corrected chi connectivity index (χ2v) is 17.0. The third-order valence-electron chi connectivity index (χ3n) is 11.2. The van der Waals surface area contributed by atoms with E-state index in [1.54, 1.807) is 0 Å². The lowest BCUT2D eigenvalue weighted by Crippen LogP contribution is -2.15. The maximum atomic E-state index is 5.20. The summed E-state index contributed by atoms with van der Waals surface area (Å²) in [6.07, 6.45) is 0. The summed E-state index contributed by atoms with van der Waals surface area (Å²) < 4.78 is 2.45. The Labute approximate surface area is 323 Å². The first-order valence-corrected chi connectivity index (χ1v) is 20.1. The second kappa shape index (κ2) is 12.1. The van der Waals surface area contributed by atoms with Gasteiger partial charge in [0.15, 0.2) is 0 Å². The molecule has 11 rings (SSSR count). The highest BCUT2D eigenvalue weighted by Gasteiger charge is 2.38. The van der Waals surface area contributed by atoms with Crippen LogP contribution in [0, 0.1) is 0 Å². The molecule has 4 heteroatoms. The van der Waals surface area contributed by atoms with E-state index in [-0.39, 0.29) is 5.41 Å². The van der Waals surface area contributed by atoms with Gasteiger partial charge in [-0.25, -0.2) is 4.98 Å². The molecule has 0 fully saturated rings. The third-order valence-corrected chi connectivity index (χ3v) is 13.8. The summed E-state index contributed by atoms with van der Waals surface area (Å²) in [6.45, 7) is 4.79. The Balaban J connectivity index is 1.05. The molecule has 0 radical (unpaired) electrons. The fourth-order valence-corrected chi connectivity index (χ4v) is 10.8. The maximum Gasteiger partial charge on any atom is 0.0715 e. The fraction of sp³-hybridized carbons (Fsp3) is 0.0600. The third kappa shape index (κ3) is 4.94. The van der Waals surface area contributed by atoms with Crippen molar-refractivity contribution in [2.45, 2.75) is 38.8 Å². The van der Waals surface area contributed by atoms with Crippen molar-refractivity contribution in [1.82, 2.24) is 9.55 Å². The van der Waals surface area contributed by atoms with Gasteiger partial charge >= 0.3 is 0 Å². The molecule has 0 unspecified atom stereocenters. The first-order chi connectivity index (χ1) is 26.5. The zero-order chi connectivity index (χ0) is 36.0. The summed E-state index contributed by atoms with van der Waals surface area (Å²) in [7, 11) is 0. The summed E-state index contributed by atoms with van der Waals surface area (Å²) in [4.78, 5) is 10.6. The Hall–Kier alpha value is -5.81. The van der Waals surface area contributed by atoms with E-state index in [1.165, 1.54) is 69.2 Å². The van der Waals surface area contributed by atoms with Crippen molar-refractivity contribution in [3.05, 3.63) is 181 Å². The Bertz CT molecular complexity index is 2880. The first kappa shape index (κ1) is 31.7. The molecular weight excluding hydrogens is 693 g/mol. The summed E-state index contributed by atoms with van der Waals surface area (Å²) >= 11 is 3.80. The van der Waals surface area contributed by atoms with Crippen LogP contribution in [0.5, 0.6) is 0 Å². The van der Waals surface area contributed by atoms with E-state index in [0.717, 1.165) is 33.8 Å². The molecule has 2 aromatic heterocycles. The number of hydrogen-bond acceptors (Lipinski definition) is 3. The van der Waals surface area contributed by atoms with Crippen LogP contribution in [0.25, 0.3) is 72.3 Å². The lowest BCUT2D eigenvalue weighted by atomic mass is 9.82. The van der Waals surface area contributed by atoms with Gasteiger partial charge in [-0.3, -0.25) is 0 Å². The topological polar surface area (TPSA) is 17.8 Å². The molecule has 9 aromatic rings. The van der Waals surface area contributed by atoms with Crippen LogP contribution >= 0.6 is 23.5 Å². The molecule has 7 aromatic carbocycles. The molecule has 2 nitrogen and oxygen atoms in total. The van der Waals surface area contributed by atoms with Crippen LogP contribution in [0.2, 0.25) is 0 Å². The van der Waals surface area contributed by atoms with Gasteiger partial charge in [-0.15, -0.1) is 0 Å². The minimum absolute atomic E-state index is 0.110. The normalized spacial score (nSPS) is 13.7. The van der Waals surface area contributed by atoms with Gasteiger partial charge in [0.1, 0.15) is 0 Å². The fourth-order valence-electron chi connectivity index (χ4n) is 8.51. The van der Waals surface area contributed by atoms with Crippen LogP contribution < -0.4 is 0 Å². The van der Waals surface area contributed by atoms with E-state index < -0.39 is 0 Å². The molecule has 0 bridgehead atoms. The highest BCUT2D eigenvalue weighted by Crippen LogP contribution is 2.56. The number of fused-ring (bicyclic) bond motifs is 8. The number of rotatable bonds is 4. The van der Waals surface area contributed by atoms with Crippen LogP contribution in [0.3, 0.4) is 0 Å². The van der Waals surface area contributed by atoms with Gasteiger partial charge in [0.05, 0.1) is 22.4 Å². The Morgan fingerprint density at radius 2 is 0.981 bits per heavy atom. The molecule has 0 saturated heterocycles. The predicted octanol–water partition coefficient (Wildman–Crippen LogP) is 14.1. The average Bonchev–Trinajstić information content (AvgIpc) is 3.66. The molecule has 2 aliphatic rings. The van der Waals surface area contributed by atoms with Crippen molar-refractivity contribution in [3.63, 3.8) is 0 Å². The lowest BCUT2D eigenvalue weighted by Gasteiger charge is -2.24. The molecule has 1 aliphatic carbocycles. The van der Waals surface area contributed by atoms with Crippen molar-refractivity contribution in [2.75, 3.05) is 0 Å².